The fraction of sp³-hybridized carbons (Fsp3) is 0.250. The Morgan fingerprint density at radius 3 is 2.20 bits per heavy atom. The predicted molar refractivity (Wildman–Crippen MR) is 90.6 cm³/mol. The third kappa shape index (κ3) is 3.56. The summed E-state index contributed by atoms with van der Waals surface area (Å²) in [6.07, 6.45) is 0. The summed E-state index contributed by atoms with van der Waals surface area (Å²) in [5.74, 6) is 0. The molecule has 0 aliphatic carbocycles. The van der Waals surface area contributed by atoms with Crippen molar-refractivity contribution in [2.75, 3.05) is 0 Å². The quantitative estimate of drug-likeness (QED) is 0.676. The molecule has 0 amide bonds. The molecule has 0 aromatic heterocycles. The summed E-state index contributed by atoms with van der Waals surface area (Å²) in [5, 5.41) is 4.76. The third-order valence-corrected chi connectivity index (χ3v) is 4.88. The molecule has 1 nitrogen and oxygen atoms in total. The predicted octanol–water partition coefficient (Wildman–Crippen LogP) is 6.17. The highest BCUT2D eigenvalue weighted by atomic mass is 79.9. The highest BCUT2D eigenvalue weighted by molar-refractivity contribution is 9.10. The van der Waals surface area contributed by atoms with Crippen LogP contribution in [0.2, 0.25) is 10.0 Å². The number of nitrogens with one attached hydrogen (secondary N) is 1. The SMILES string of the molecule is CC(N[C@H](C)c1ccccc1Br)c1cccc(Cl)c1Cl. The molecule has 4 heteroatoms. The molecule has 106 valence electrons. The van der Waals surface area contributed by atoms with Crippen LogP contribution >= 0.6 is 39.1 Å². The molecule has 0 fully saturated rings. The number of halogens is 3. The molecule has 0 bridgehead atoms. The van der Waals surface area contributed by atoms with Gasteiger partial charge in [0, 0.05) is 16.6 Å². The van der Waals surface area contributed by atoms with Crippen molar-refractivity contribution >= 4 is 39.1 Å². The van der Waals surface area contributed by atoms with E-state index in [-0.39, 0.29) is 12.1 Å². The molecular formula is C16H16BrCl2N. The van der Waals surface area contributed by atoms with E-state index >= 15 is 0 Å². The van der Waals surface area contributed by atoms with Gasteiger partial charge in [0.2, 0.25) is 0 Å². The first-order valence-corrected chi connectivity index (χ1v) is 8.00. The molecule has 2 atom stereocenters. The van der Waals surface area contributed by atoms with Crippen LogP contribution in [0.25, 0.3) is 0 Å². The molecule has 0 aliphatic rings. The van der Waals surface area contributed by atoms with Gasteiger partial charge >= 0.3 is 0 Å². The monoisotopic (exact) mass is 371 g/mol. The van der Waals surface area contributed by atoms with Gasteiger partial charge in [0.15, 0.2) is 0 Å². The van der Waals surface area contributed by atoms with Crippen molar-refractivity contribution in [3.05, 3.63) is 68.1 Å². The van der Waals surface area contributed by atoms with Crippen molar-refractivity contribution in [2.24, 2.45) is 0 Å². The van der Waals surface area contributed by atoms with Crippen LogP contribution in [0, 0.1) is 0 Å². The van der Waals surface area contributed by atoms with E-state index in [9.17, 15) is 0 Å². The highest BCUT2D eigenvalue weighted by Gasteiger charge is 2.16. The molecule has 2 aromatic rings. The Morgan fingerprint density at radius 1 is 0.900 bits per heavy atom. The van der Waals surface area contributed by atoms with Crippen LogP contribution in [0.3, 0.4) is 0 Å². The standard InChI is InChI=1S/C16H16BrCl2N/c1-10(12-6-3-4-8-14(12)17)20-11(2)13-7-5-9-15(18)16(13)19/h3-11,20H,1-2H3/t10-,11?/m1/s1. The Morgan fingerprint density at radius 2 is 1.50 bits per heavy atom. The molecule has 1 N–H and O–H groups in total. The third-order valence-electron chi connectivity index (χ3n) is 3.32. The average Bonchev–Trinajstić information content (AvgIpc) is 2.42. The van der Waals surface area contributed by atoms with Gasteiger partial charge in [-0.3, -0.25) is 0 Å². The summed E-state index contributed by atoms with van der Waals surface area (Å²) >= 11 is 15.9. The maximum Gasteiger partial charge on any atom is 0.0639 e. The number of rotatable bonds is 4. The summed E-state index contributed by atoms with van der Waals surface area (Å²) in [7, 11) is 0. The summed E-state index contributed by atoms with van der Waals surface area (Å²) in [6, 6.07) is 14.2. The second kappa shape index (κ2) is 6.95. The smallest absolute Gasteiger partial charge is 0.0639 e. The largest absolute Gasteiger partial charge is 0.304 e. The second-order valence-electron chi connectivity index (χ2n) is 4.77. The Kier molecular flexibility index (Phi) is 5.50. The zero-order valence-electron chi connectivity index (χ0n) is 11.3. The number of hydrogen-bond donors (Lipinski definition) is 1. The fourth-order valence-electron chi connectivity index (χ4n) is 2.24. The van der Waals surface area contributed by atoms with Crippen molar-refractivity contribution in [1.82, 2.24) is 5.32 Å². The molecule has 20 heavy (non-hydrogen) atoms. The van der Waals surface area contributed by atoms with Gasteiger partial charge in [-0.25, -0.2) is 0 Å². The summed E-state index contributed by atoms with van der Waals surface area (Å²) in [6.45, 7) is 4.22. The van der Waals surface area contributed by atoms with Gasteiger partial charge < -0.3 is 5.32 Å². The number of hydrogen-bond acceptors (Lipinski definition) is 1. The van der Waals surface area contributed by atoms with Crippen molar-refractivity contribution < 1.29 is 0 Å². The minimum atomic E-state index is 0.114. The Bertz CT molecular complexity index is 601. The van der Waals surface area contributed by atoms with Gasteiger partial charge in [-0.2, -0.15) is 0 Å². The summed E-state index contributed by atoms with van der Waals surface area (Å²) in [5.41, 5.74) is 2.23. The normalized spacial score (nSPS) is 14.1. The van der Waals surface area contributed by atoms with Gasteiger partial charge in [-0.1, -0.05) is 69.5 Å². The molecule has 0 spiro atoms. The fourth-order valence-corrected chi connectivity index (χ4v) is 3.34. The minimum Gasteiger partial charge on any atom is -0.304 e. The van der Waals surface area contributed by atoms with Gasteiger partial charge in [0.25, 0.3) is 0 Å². The van der Waals surface area contributed by atoms with E-state index < -0.39 is 0 Å². The van der Waals surface area contributed by atoms with E-state index in [1.54, 1.807) is 6.07 Å². The van der Waals surface area contributed by atoms with E-state index in [1.807, 2.05) is 30.3 Å². The maximum atomic E-state index is 6.27. The van der Waals surface area contributed by atoms with Crippen molar-refractivity contribution in [1.29, 1.82) is 0 Å². The van der Waals surface area contributed by atoms with Crippen LogP contribution < -0.4 is 5.32 Å². The molecule has 0 saturated heterocycles. The molecule has 2 aromatic carbocycles. The average molecular weight is 373 g/mol. The van der Waals surface area contributed by atoms with Crippen LogP contribution in [0.1, 0.15) is 37.1 Å². The minimum absolute atomic E-state index is 0.114. The van der Waals surface area contributed by atoms with E-state index in [4.69, 9.17) is 23.2 Å². The Balaban J connectivity index is 2.17. The maximum absolute atomic E-state index is 6.27. The van der Waals surface area contributed by atoms with Gasteiger partial charge in [0.05, 0.1) is 10.0 Å². The molecule has 1 unspecified atom stereocenters. The van der Waals surface area contributed by atoms with E-state index in [0.29, 0.717) is 10.0 Å². The van der Waals surface area contributed by atoms with Crippen LogP contribution in [0.4, 0.5) is 0 Å². The van der Waals surface area contributed by atoms with Crippen LogP contribution in [-0.4, -0.2) is 0 Å². The summed E-state index contributed by atoms with van der Waals surface area (Å²) in [4.78, 5) is 0. The highest BCUT2D eigenvalue weighted by Crippen LogP contribution is 2.32. The molecule has 0 aliphatic heterocycles. The lowest BCUT2D eigenvalue weighted by Gasteiger charge is -2.22. The molecule has 0 saturated carbocycles. The second-order valence-corrected chi connectivity index (χ2v) is 6.41. The molecule has 0 radical (unpaired) electrons. The van der Waals surface area contributed by atoms with E-state index in [2.05, 4.69) is 41.2 Å². The van der Waals surface area contributed by atoms with E-state index in [0.717, 1.165) is 10.0 Å². The Hall–Kier alpha value is -0.540. The summed E-state index contributed by atoms with van der Waals surface area (Å²) < 4.78 is 1.10. The zero-order chi connectivity index (χ0) is 14.7. The van der Waals surface area contributed by atoms with E-state index in [1.165, 1.54) is 5.56 Å². The van der Waals surface area contributed by atoms with Crippen LogP contribution in [0.15, 0.2) is 46.9 Å². The lowest BCUT2D eigenvalue weighted by Crippen LogP contribution is -2.23. The zero-order valence-corrected chi connectivity index (χ0v) is 14.4. The van der Waals surface area contributed by atoms with Crippen molar-refractivity contribution in [3.63, 3.8) is 0 Å². The first-order chi connectivity index (χ1) is 9.50. The van der Waals surface area contributed by atoms with Crippen LogP contribution in [-0.2, 0) is 0 Å². The van der Waals surface area contributed by atoms with Gasteiger partial charge in [-0.05, 0) is 37.1 Å². The molecule has 0 heterocycles. The van der Waals surface area contributed by atoms with Gasteiger partial charge in [0.1, 0.15) is 0 Å². The molecular weight excluding hydrogens is 357 g/mol. The Labute approximate surface area is 138 Å². The lowest BCUT2D eigenvalue weighted by atomic mass is 10.0. The molecule has 2 rings (SSSR count). The first kappa shape index (κ1) is 15.8. The van der Waals surface area contributed by atoms with Gasteiger partial charge in [-0.15, -0.1) is 0 Å². The first-order valence-electron chi connectivity index (χ1n) is 6.45. The number of benzene rings is 2. The topological polar surface area (TPSA) is 12.0 Å². The lowest BCUT2D eigenvalue weighted by molar-refractivity contribution is 0.493. The van der Waals surface area contributed by atoms with Crippen LogP contribution in [0.5, 0.6) is 0 Å². The van der Waals surface area contributed by atoms with Crippen molar-refractivity contribution in [2.45, 2.75) is 25.9 Å². The van der Waals surface area contributed by atoms with Crippen molar-refractivity contribution in [3.8, 4) is 0 Å².